The normalized spacial score (nSPS) is 24.5. The van der Waals surface area contributed by atoms with Crippen LogP contribution in [0.4, 0.5) is 13.2 Å². The molecule has 1 saturated carbocycles. The molecule has 0 aliphatic heterocycles. The second kappa shape index (κ2) is 9.24. The van der Waals surface area contributed by atoms with Crippen molar-refractivity contribution in [3.05, 3.63) is 0 Å². The Bertz CT molecular complexity index is 379. The minimum absolute atomic E-state index is 0.0351. The summed E-state index contributed by atoms with van der Waals surface area (Å²) in [6, 6.07) is 0. The van der Waals surface area contributed by atoms with E-state index in [0.29, 0.717) is 6.54 Å². The number of rotatable bonds is 6. The van der Waals surface area contributed by atoms with Crippen LogP contribution in [0.3, 0.4) is 0 Å². The van der Waals surface area contributed by atoms with E-state index in [0.717, 1.165) is 44.9 Å². The number of alkyl halides is 3. The molecule has 4 N–H and O–H groups in total. The molecule has 9 heteroatoms. The molecule has 2 atom stereocenters. The third-order valence-electron chi connectivity index (χ3n) is 3.73. The van der Waals surface area contributed by atoms with Gasteiger partial charge in [-0.15, -0.1) is 0 Å². The van der Waals surface area contributed by atoms with E-state index in [1.165, 1.54) is 0 Å². The minimum Gasteiger partial charge on any atom is -0.481 e. The van der Waals surface area contributed by atoms with Crippen molar-refractivity contribution in [3.8, 4) is 0 Å². The van der Waals surface area contributed by atoms with Crippen molar-refractivity contribution in [2.45, 2.75) is 56.4 Å². The quantitative estimate of drug-likeness (QED) is 0.438. The Hall–Kier alpha value is -0.960. The topological polar surface area (TPSA) is 101 Å². The number of aliphatic carboxylic acids is 2. The van der Waals surface area contributed by atoms with Crippen molar-refractivity contribution in [1.29, 1.82) is 0 Å². The number of carboxylic acid groups (broad SMARTS) is 2. The summed E-state index contributed by atoms with van der Waals surface area (Å²) in [4.78, 5) is 20.2. The van der Waals surface area contributed by atoms with Crippen molar-refractivity contribution in [2.24, 2.45) is 11.1 Å². The van der Waals surface area contributed by atoms with Crippen LogP contribution in [0.25, 0.3) is 0 Å². The summed E-state index contributed by atoms with van der Waals surface area (Å²) in [5.41, 5.74) is 4.85. The van der Waals surface area contributed by atoms with Gasteiger partial charge in [-0.3, -0.25) is 4.79 Å². The molecule has 0 radical (unpaired) electrons. The lowest BCUT2D eigenvalue weighted by Gasteiger charge is -2.28. The average Bonchev–Trinajstić information content (AvgIpc) is 2.77. The van der Waals surface area contributed by atoms with Gasteiger partial charge >= 0.3 is 18.1 Å². The smallest absolute Gasteiger partial charge is 0.481 e. The average molecular weight is 345 g/mol. The molecule has 0 amide bonds. The van der Waals surface area contributed by atoms with Crippen molar-refractivity contribution in [2.75, 3.05) is 6.54 Å². The van der Waals surface area contributed by atoms with Gasteiger partial charge in [-0.25, -0.2) is 4.79 Å². The number of carbonyl (C=O) groups is 2. The summed E-state index contributed by atoms with van der Waals surface area (Å²) in [5.74, 6) is -3.42. The lowest BCUT2D eigenvalue weighted by atomic mass is 9.80. The van der Waals surface area contributed by atoms with Crippen LogP contribution in [0.1, 0.15) is 44.9 Å². The van der Waals surface area contributed by atoms with Crippen molar-refractivity contribution >= 4 is 24.6 Å². The monoisotopic (exact) mass is 345 g/mol. The highest BCUT2D eigenvalue weighted by atomic mass is 32.1. The molecule has 0 bridgehead atoms. The summed E-state index contributed by atoms with van der Waals surface area (Å²) < 4.78 is 31.7. The molecule has 1 rings (SSSR count). The van der Waals surface area contributed by atoms with Gasteiger partial charge in [-0.1, -0.05) is 19.3 Å². The third kappa shape index (κ3) is 6.43. The fourth-order valence-corrected chi connectivity index (χ4v) is 3.01. The molecule has 0 aromatic heterocycles. The number of carboxylic acids is 2. The maximum absolute atomic E-state index is 11.3. The molecule has 0 saturated heterocycles. The molecule has 130 valence electrons. The Morgan fingerprint density at radius 2 is 1.77 bits per heavy atom. The molecule has 0 aromatic rings. The van der Waals surface area contributed by atoms with E-state index < -0.39 is 23.5 Å². The number of hydrogen-bond acceptors (Lipinski definition) is 4. The first-order valence-corrected chi connectivity index (χ1v) is 7.51. The van der Waals surface area contributed by atoms with Gasteiger partial charge in [0.25, 0.3) is 0 Å². The van der Waals surface area contributed by atoms with E-state index in [9.17, 15) is 23.1 Å². The zero-order valence-electron chi connectivity index (χ0n) is 12.1. The van der Waals surface area contributed by atoms with Gasteiger partial charge in [0.15, 0.2) is 0 Å². The molecule has 1 aliphatic carbocycles. The molecule has 1 fully saturated rings. The van der Waals surface area contributed by atoms with E-state index in [2.05, 4.69) is 12.6 Å². The Morgan fingerprint density at radius 1 is 1.23 bits per heavy atom. The highest BCUT2D eigenvalue weighted by Crippen LogP contribution is 2.45. The molecule has 0 spiro atoms. The summed E-state index contributed by atoms with van der Waals surface area (Å²) in [6.45, 7) is 0.699. The second-order valence-electron chi connectivity index (χ2n) is 5.27. The van der Waals surface area contributed by atoms with Gasteiger partial charge in [0.1, 0.15) is 0 Å². The molecule has 1 aliphatic rings. The maximum Gasteiger partial charge on any atom is 0.490 e. The van der Waals surface area contributed by atoms with Crippen molar-refractivity contribution < 1.29 is 33.0 Å². The molecular formula is C13H22F3NO4S. The first kappa shape index (κ1) is 21.0. The summed E-state index contributed by atoms with van der Waals surface area (Å²) in [5, 5.41) is 16.5. The van der Waals surface area contributed by atoms with Crippen LogP contribution in [0.15, 0.2) is 0 Å². The van der Waals surface area contributed by atoms with Gasteiger partial charge in [0.05, 0.1) is 5.41 Å². The Labute approximate surface area is 132 Å². The maximum atomic E-state index is 11.3. The molecular weight excluding hydrogens is 323 g/mol. The van der Waals surface area contributed by atoms with Gasteiger partial charge in [-0.2, -0.15) is 25.8 Å². The third-order valence-corrected chi connectivity index (χ3v) is 4.49. The van der Waals surface area contributed by atoms with Crippen LogP contribution in [-0.2, 0) is 9.59 Å². The van der Waals surface area contributed by atoms with Crippen LogP contribution in [0.5, 0.6) is 0 Å². The summed E-state index contributed by atoms with van der Waals surface area (Å²) >= 11 is 4.43. The van der Waals surface area contributed by atoms with Crippen LogP contribution in [0, 0.1) is 5.41 Å². The van der Waals surface area contributed by atoms with Gasteiger partial charge in [0, 0.05) is 5.25 Å². The van der Waals surface area contributed by atoms with Crippen molar-refractivity contribution in [3.63, 3.8) is 0 Å². The van der Waals surface area contributed by atoms with Gasteiger partial charge in [0.2, 0.25) is 0 Å². The predicted octanol–water partition coefficient (Wildman–Crippen LogP) is 2.69. The first-order valence-electron chi connectivity index (χ1n) is 6.99. The largest absolute Gasteiger partial charge is 0.490 e. The lowest BCUT2D eigenvalue weighted by Crippen LogP contribution is -2.35. The number of hydrogen-bond donors (Lipinski definition) is 4. The molecule has 0 aromatic carbocycles. The summed E-state index contributed by atoms with van der Waals surface area (Å²) in [6.07, 6.45) is 1.39. The lowest BCUT2D eigenvalue weighted by molar-refractivity contribution is -0.192. The predicted molar refractivity (Wildman–Crippen MR) is 77.9 cm³/mol. The zero-order chi connectivity index (χ0) is 17.4. The zero-order valence-corrected chi connectivity index (χ0v) is 13.0. The molecule has 22 heavy (non-hydrogen) atoms. The minimum atomic E-state index is -5.08. The van der Waals surface area contributed by atoms with E-state index in [4.69, 9.17) is 15.6 Å². The SMILES string of the molecule is NCCCCCC1(C(=O)O)CCCC1S.O=C(O)C(F)(F)F. The number of thiol groups is 1. The highest BCUT2D eigenvalue weighted by molar-refractivity contribution is 7.81. The van der Waals surface area contributed by atoms with Crippen LogP contribution >= 0.6 is 12.6 Å². The highest BCUT2D eigenvalue weighted by Gasteiger charge is 2.46. The molecule has 5 nitrogen and oxygen atoms in total. The van der Waals surface area contributed by atoms with Crippen LogP contribution in [-0.4, -0.2) is 40.1 Å². The molecule has 2 unspecified atom stereocenters. The van der Waals surface area contributed by atoms with Crippen LogP contribution < -0.4 is 5.73 Å². The Morgan fingerprint density at radius 3 is 2.09 bits per heavy atom. The van der Waals surface area contributed by atoms with Crippen LogP contribution in [0.2, 0.25) is 0 Å². The van der Waals surface area contributed by atoms with Gasteiger partial charge < -0.3 is 15.9 Å². The molecule has 0 heterocycles. The fourth-order valence-electron chi connectivity index (χ4n) is 2.46. The summed E-state index contributed by atoms with van der Waals surface area (Å²) in [7, 11) is 0. The number of unbranched alkanes of at least 4 members (excludes halogenated alkanes) is 2. The second-order valence-corrected chi connectivity index (χ2v) is 5.89. The fraction of sp³-hybridized carbons (Fsp3) is 0.846. The Balaban J connectivity index is 0.000000534. The van der Waals surface area contributed by atoms with E-state index >= 15 is 0 Å². The van der Waals surface area contributed by atoms with E-state index in [1.54, 1.807) is 0 Å². The number of nitrogens with two attached hydrogens (primary N) is 1. The standard InChI is InChI=1S/C11H21NO2S.C2HF3O2/c12-8-3-1-2-6-11(10(13)14)7-4-5-9(11)15;3-2(4,5)1(6)7/h9,15H,1-8,12H2,(H,13,14);(H,6,7). The van der Waals surface area contributed by atoms with E-state index in [1.807, 2.05) is 0 Å². The Kier molecular flexibility index (Phi) is 8.84. The van der Waals surface area contributed by atoms with Gasteiger partial charge in [-0.05, 0) is 32.2 Å². The van der Waals surface area contributed by atoms with E-state index in [-0.39, 0.29) is 5.25 Å². The number of halogens is 3. The first-order chi connectivity index (χ1) is 10.1. The van der Waals surface area contributed by atoms with Crippen molar-refractivity contribution in [1.82, 2.24) is 0 Å².